The second-order valence-electron chi connectivity index (χ2n) is 17.9. The number of hydrogen-bond donors (Lipinski definition) is 3. The summed E-state index contributed by atoms with van der Waals surface area (Å²) in [6.45, 7) is 4.84. The van der Waals surface area contributed by atoms with E-state index in [4.69, 9.17) is 4.74 Å². The Morgan fingerprint density at radius 1 is 0.467 bits per heavy atom. The average Bonchev–Trinajstić information content (AvgIpc) is 3.25. The molecule has 0 heterocycles. The maximum Gasteiger partial charge on any atom is 0.305 e. The molecule has 0 aliphatic carbocycles. The van der Waals surface area contributed by atoms with Crippen LogP contribution in [0.4, 0.5) is 0 Å². The number of allylic oxidation sites excluding steroid dienone is 5. The second-order valence-corrected chi connectivity index (χ2v) is 17.9. The van der Waals surface area contributed by atoms with Gasteiger partial charge in [-0.2, -0.15) is 0 Å². The topological polar surface area (TPSA) is 95.9 Å². The summed E-state index contributed by atoms with van der Waals surface area (Å²) in [6, 6.07) is -0.634. The molecule has 0 radical (unpaired) electrons. The maximum atomic E-state index is 12.4. The van der Waals surface area contributed by atoms with Gasteiger partial charge in [0.1, 0.15) is 0 Å². The molecule has 0 saturated heterocycles. The first-order valence-corrected chi connectivity index (χ1v) is 26.3. The third-order valence-electron chi connectivity index (χ3n) is 11.9. The Morgan fingerprint density at radius 2 is 0.833 bits per heavy atom. The molecule has 0 spiro atoms. The number of hydrogen-bond acceptors (Lipinski definition) is 5. The molecule has 0 aromatic rings. The fraction of sp³-hybridized carbons (Fsp3) is 0.852. The van der Waals surface area contributed by atoms with Crippen molar-refractivity contribution in [1.29, 1.82) is 0 Å². The highest BCUT2D eigenvalue weighted by Crippen LogP contribution is 2.16. The highest BCUT2D eigenvalue weighted by Gasteiger charge is 2.18. The third-order valence-corrected chi connectivity index (χ3v) is 11.9. The van der Waals surface area contributed by atoms with Gasteiger partial charge in [-0.3, -0.25) is 9.59 Å². The monoisotopic (exact) mass is 844 g/mol. The van der Waals surface area contributed by atoms with E-state index in [0.29, 0.717) is 19.4 Å². The van der Waals surface area contributed by atoms with Crippen LogP contribution in [0.5, 0.6) is 0 Å². The first-order chi connectivity index (χ1) is 29.5. The highest BCUT2D eigenvalue weighted by atomic mass is 16.5. The van der Waals surface area contributed by atoms with Gasteiger partial charge < -0.3 is 20.3 Å². The predicted octanol–water partition coefficient (Wildman–Crippen LogP) is 15.7. The summed E-state index contributed by atoms with van der Waals surface area (Å²) in [5.41, 5.74) is 0. The standard InChI is InChI=1S/C54H101NO5/c1-3-5-7-9-11-13-15-17-19-24-28-32-36-40-44-48-54(59)60-49-45-41-37-33-29-25-21-18-20-23-27-31-35-39-43-47-53(58)55-51(50-56)52(57)46-42-38-34-30-26-22-16-14-12-10-8-6-4-2/h11,13,17,19,42,46,51-52,56-57H,3-10,12,14-16,18,20-41,43-45,47-50H2,1-2H3,(H,55,58)/b13-11-,19-17-,46-42+. The molecule has 0 rings (SSSR count). The number of amides is 1. The van der Waals surface area contributed by atoms with E-state index in [1.165, 1.54) is 180 Å². The van der Waals surface area contributed by atoms with Crippen LogP contribution in [-0.4, -0.2) is 47.4 Å². The van der Waals surface area contributed by atoms with Gasteiger partial charge in [-0.05, 0) is 64.2 Å². The Balaban J connectivity index is 3.47. The molecule has 0 aliphatic rings. The lowest BCUT2D eigenvalue weighted by atomic mass is 10.0. The zero-order chi connectivity index (χ0) is 43.7. The summed E-state index contributed by atoms with van der Waals surface area (Å²) >= 11 is 0. The molecule has 3 N–H and O–H groups in total. The van der Waals surface area contributed by atoms with Gasteiger partial charge in [-0.15, -0.1) is 0 Å². The average molecular weight is 844 g/mol. The highest BCUT2D eigenvalue weighted by molar-refractivity contribution is 5.76. The minimum Gasteiger partial charge on any atom is -0.466 e. The third kappa shape index (κ3) is 45.6. The van der Waals surface area contributed by atoms with Crippen LogP contribution >= 0.6 is 0 Å². The van der Waals surface area contributed by atoms with Gasteiger partial charge in [-0.25, -0.2) is 0 Å². The number of aliphatic hydroxyl groups is 2. The van der Waals surface area contributed by atoms with Crippen LogP contribution in [0.15, 0.2) is 36.5 Å². The number of esters is 1. The Labute approximate surface area is 373 Å². The number of ether oxygens (including phenoxy) is 1. The van der Waals surface area contributed by atoms with Crippen molar-refractivity contribution in [3.8, 4) is 0 Å². The van der Waals surface area contributed by atoms with Gasteiger partial charge in [0.25, 0.3) is 0 Å². The van der Waals surface area contributed by atoms with Crippen LogP contribution in [0.3, 0.4) is 0 Å². The van der Waals surface area contributed by atoms with E-state index in [1.807, 2.05) is 6.08 Å². The molecule has 0 aromatic heterocycles. The molecule has 0 fully saturated rings. The fourth-order valence-electron chi connectivity index (χ4n) is 7.84. The Hall–Kier alpha value is -1.92. The van der Waals surface area contributed by atoms with Crippen molar-refractivity contribution in [3.05, 3.63) is 36.5 Å². The quantitative estimate of drug-likeness (QED) is 0.0322. The van der Waals surface area contributed by atoms with Crippen LogP contribution in [0.25, 0.3) is 0 Å². The van der Waals surface area contributed by atoms with Gasteiger partial charge >= 0.3 is 5.97 Å². The first-order valence-electron chi connectivity index (χ1n) is 26.3. The lowest BCUT2D eigenvalue weighted by Gasteiger charge is -2.20. The van der Waals surface area contributed by atoms with E-state index in [-0.39, 0.29) is 18.5 Å². The Bertz CT molecular complexity index is 977. The molecule has 0 saturated carbocycles. The number of unbranched alkanes of at least 4 members (excludes halogenated alkanes) is 33. The van der Waals surface area contributed by atoms with Crippen molar-refractivity contribution in [2.45, 2.75) is 283 Å². The number of aliphatic hydroxyl groups excluding tert-OH is 2. The van der Waals surface area contributed by atoms with Crippen LogP contribution in [-0.2, 0) is 14.3 Å². The Kier molecular flexibility index (Phi) is 48.1. The summed E-state index contributed by atoms with van der Waals surface area (Å²) in [6.07, 6.45) is 60.0. The lowest BCUT2D eigenvalue weighted by Crippen LogP contribution is -2.45. The molecule has 6 heteroatoms. The summed E-state index contributed by atoms with van der Waals surface area (Å²) < 4.78 is 5.46. The smallest absolute Gasteiger partial charge is 0.305 e. The molecule has 352 valence electrons. The largest absolute Gasteiger partial charge is 0.466 e. The van der Waals surface area contributed by atoms with Crippen LogP contribution in [0.2, 0.25) is 0 Å². The normalized spacial score (nSPS) is 12.9. The van der Waals surface area contributed by atoms with Crippen molar-refractivity contribution in [2.24, 2.45) is 0 Å². The van der Waals surface area contributed by atoms with E-state index in [0.717, 1.165) is 64.2 Å². The molecule has 60 heavy (non-hydrogen) atoms. The van der Waals surface area contributed by atoms with Crippen molar-refractivity contribution in [2.75, 3.05) is 13.2 Å². The van der Waals surface area contributed by atoms with E-state index in [9.17, 15) is 19.8 Å². The molecule has 2 atom stereocenters. The van der Waals surface area contributed by atoms with Crippen LogP contribution in [0.1, 0.15) is 271 Å². The summed E-state index contributed by atoms with van der Waals surface area (Å²) in [4.78, 5) is 24.4. The van der Waals surface area contributed by atoms with Crippen molar-refractivity contribution >= 4 is 11.9 Å². The molecular weight excluding hydrogens is 743 g/mol. The lowest BCUT2D eigenvalue weighted by molar-refractivity contribution is -0.143. The summed E-state index contributed by atoms with van der Waals surface area (Å²) in [5.74, 6) is -0.0930. The molecule has 0 bridgehead atoms. The molecular formula is C54H101NO5. The van der Waals surface area contributed by atoms with Gasteiger partial charge in [-0.1, -0.05) is 230 Å². The molecule has 2 unspecified atom stereocenters. The van der Waals surface area contributed by atoms with Crippen LogP contribution < -0.4 is 5.32 Å². The zero-order valence-corrected chi connectivity index (χ0v) is 39.9. The van der Waals surface area contributed by atoms with Gasteiger partial charge in [0.15, 0.2) is 0 Å². The van der Waals surface area contributed by atoms with Gasteiger partial charge in [0, 0.05) is 12.8 Å². The fourth-order valence-corrected chi connectivity index (χ4v) is 7.84. The number of rotatable bonds is 48. The molecule has 6 nitrogen and oxygen atoms in total. The summed E-state index contributed by atoms with van der Waals surface area (Å²) in [7, 11) is 0. The van der Waals surface area contributed by atoms with E-state index >= 15 is 0 Å². The zero-order valence-electron chi connectivity index (χ0n) is 39.9. The van der Waals surface area contributed by atoms with E-state index in [1.54, 1.807) is 6.08 Å². The van der Waals surface area contributed by atoms with Crippen molar-refractivity contribution in [1.82, 2.24) is 5.32 Å². The first kappa shape index (κ1) is 58.1. The van der Waals surface area contributed by atoms with E-state index in [2.05, 4.69) is 43.5 Å². The number of carbonyl (C=O) groups is 2. The summed E-state index contributed by atoms with van der Waals surface area (Å²) in [5, 5.41) is 23.0. The number of nitrogens with one attached hydrogen (secondary N) is 1. The van der Waals surface area contributed by atoms with Crippen molar-refractivity contribution < 1.29 is 24.5 Å². The minimum atomic E-state index is -0.850. The predicted molar refractivity (Wildman–Crippen MR) is 259 cm³/mol. The van der Waals surface area contributed by atoms with Gasteiger partial charge in [0.05, 0.1) is 25.4 Å². The molecule has 0 aliphatic heterocycles. The van der Waals surface area contributed by atoms with Crippen LogP contribution in [0, 0.1) is 0 Å². The maximum absolute atomic E-state index is 12.4. The molecule has 0 aromatic carbocycles. The Morgan fingerprint density at radius 3 is 1.30 bits per heavy atom. The van der Waals surface area contributed by atoms with Crippen molar-refractivity contribution in [3.63, 3.8) is 0 Å². The second kappa shape index (κ2) is 49.7. The van der Waals surface area contributed by atoms with Gasteiger partial charge in [0.2, 0.25) is 5.91 Å². The SMILES string of the molecule is CCCCC/C=C\C/C=C\CCCCCCCC(=O)OCCCCCCCCCCCCCCCCCC(=O)NC(CO)C(O)/C=C/CCCCCCCCCCCCC. The van der Waals surface area contributed by atoms with E-state index < -0.39 is 12.1 Å². The molecule has 1 amide bonds. The minimum absolute atomic E-state index is 0.0150. The number of carbonyl (C=O) groups excluding carboxylic acids is 2.